The average molecular weight is 322 g/mol. The maximum absolute atomic E-state index is 5.30. The highest BCUT2D eigenvalue weighted by Crippen LogP contribution is 2.23. The molecule has 1 aromatic carbocycles. The lowest BCUT2D eigenvalue weighted by molar-refractivity contribution is 0.415. The van der Waals surface area contributed by atoms with Gasteiger partial charge in [0.05, 0.1) is 30.6 Å². The van der Waals surface area contributed by atoms with Gasteiger partial charge in [-0.15, -0.1) is 0 Å². The number of anilines is 1. The van der Waals surface area contributed by atoms with Crippen LogP contribution in [0, 0.1) is 20.8 Å². The summed E-state index contributed by atoms with van der Waals surface area (Å²) in [5.74, 6) is 1.49. The number of ether oxygens (including phenoxy) is 1. The van der Waals surface area contributed by atoms with Crippen molar-refractivity contribution in [1.29, 1.82) is 0 Å². The number of rotatable bonds is 4. The maximum atomic E-state index is 5.30. The molecule has 3 aromatic rings. The molecule has 0 amide bonds. The molecule has 0 fully saturated rings. The Morgan fingerprint density at radius 1 is 1.00 bits per heavy atom. The first kappa shape index (κ1) is 16.2. The zero-order valence-corrected chi connectivity index (χ0v) is 14.8. The molecular weight excluding hydrogens is 300 g/mol. The van der Waals surface area contributed by atoms with Gasteiger partial charge in [-0.05, 0) is 50.6 Å². The van der Waals surface area contributed by atoms with Gasteiger partial charge >= 0.3 is 0 Å². The van der Waals surface area contributed by atoms with Gasteiger partial charge in [0.2, 0.25) is 5.95 Å². The standard InChI is InChI=1S/C19H22N4O/c1-12-8-13(2)20-15(9-12)11-23(4)19-21-14(3)17-7-6-16(24-5)10-18(17)22-19/h6-10H,11H2,1-5H3. The Hall–Kier alpha value is -2.69. The van der Waals surface area contributed by atoms with E-state index in [4.69, 9.17) is 9.72 Å². The molecule has 3 rings (SSSR count). The Labute approximate surface area is 142 Å². The molecule has 0 saturated carbocycles. The molecule has 0 spiro atoms. The molecule has 0 aliphatic heterocycles. The fourth-order valence-electron chi connectivity index (χ4n) is 2.87. The number of hydrogen-bond donors (Lipinski definition) is 0. The van der Waals surface area contributed by atoms with Crippen LogP contribution in [0.3, 0.4) is 0 Å². The molecule has 5 nitrogen and oxygen atoms in total. The van der Waals surface area contributed by atoms with Crippen molar-refractivity contribution in [2.75, 3.05) is 19.1 Å². The largest absolute Gasteiger partial charge is 0.497 e. The molecule has 2 heterocycles. The van der Waals surface area contributed by atoms with Crippen molar-refractivity contribution in [2.24, 2.45) is 0 Å². The third-order valence-corrected chi connectivity index (χ3v) is 3.97. The summed E-state index contributed by atoms with van der Waals surface area (Å²) in [4.78, 5) is 16.0. The van der Waals surface area contributed by atoms with Crippen LogP contribution in [0.2, 0.25) is 0 Å². The molecule has 0 aliphatic carbocycles. The van der Waals surface area contributed by atoms with E-state index in [1.54, 1.807) is 7.11 Å². The minimum Gasteiger partial charge on any atom is -0.497 e. The summed E-state index contributed by atoms with van der Waals surface area (Å²) in [6.45, 7) is 6.76. The number of nitrogens with zero attached hydrogens (tertiary/aromatic N) is 4. The van der Waals surface area contributed by atoms with E-state index in [1.165, 1.54) is 5.56 Å². The fourth-order valence-corrected chi connectivity index (χ4v) is 2.87. The van der Waals surface area contributed by atoms with Gasteiger partial charge in [0.25, 0.3) is 0 Å². The lowest BCUT2D eigenvalue weighted by Crippen LogP contribution is -2.20. The molecule has 0 aliphatic rings. The van der Waals surface area contributed by atoms with Crippen LogP contribution in [0.15, 0.2) is 30.3 Å². The number of pyridine rings is 1. The van der Waals surface area contributed by atoms with Gasteiger partial charge in [-0.25, -0.2) is 9.97 Å². The quantitative estimate of drug-likeness (QED) is 0.734. The van der Waals surface area contributed by atoms with Gasteiger partial charge in [0, 0.05) is 24.2 Å². The maximum Gasteiger partial charge on any atom is 0.226 e. The van der Waals surface area contributed by atoms with E-state index < -0.39 is 0 Å². The minimum absolute atomic E-state index is 0.664. The van der Waals surface area contributed by atoms with Crippen LogP contribution in [0.5, 0.6) is 5.75 Å². The van der Waals surface area contributed by atoms with Crippen molar-refractivity contribution >= 4 is 16.9 Å². The smallest absolute Gasteiger partial charge is 0.226 e. The Bertz CT molecular complexity index is 872. The first-order valence-electron chi connectivity index (χ1n) is 7.94. The summed E-state index contributed by atoms with van der Waals surface area (Å²) in [6, 6.07) is 10.0. The second-order valence-corrected chi connectivity index (χ2v) is 6.13. The van der Waals surface area contributed by atoms with Gasteiger partial charge in [-0.1, -0.05) is 0 Å². The minimum atomic E-state index is 0.664. The number of methoxy groups -OCH3 is 1. The lowest BCUT2D eigenvalue weighted by Gasteiger charge is -2.18. The lowest BCUT2D eigenvalue weighted by atomic mass is 10.2. The molecule has 0 unspecified atom stereocenters. The van der Waals surface area contributed by atoms with Gasteiger partial charge in [0.1, 0.15) is 5.75 Å². The number of benzene rings is 1. The zero-order chi connectivity index (χ0) is 17.3. The second kappa shape index (κ2) is 6.43. The highest BCUT2D eigenvalue weighted by molar-refractivity contribution is 5.83. The molecule has 5 heteroatoms. The zero-order valence-electron chi connectivity index (χ0n) is 14.8. The van der Waals surface area contributed by atoms with E-state index in [2.05, 4.69) is 29.0 Å². The Kier molecular flexibility index (Phi) is 4.34. The highest BCUT2D eigenvalue weighted by atomic mass is 16.5. The molecular formula is C19H22N4O. The summed E-state index contributed by atoms with van der Waals surface area (Å²) in [5, 5.41) is 1.04. The predicted molar refractivity (Wildman–Crippen MR) is 96.6 cm³/mol. The molecule has 0 saturated heterocycles. The summed E-state index contributed by atoms with van der Waals surface area (Å²) in [6.07, 6.45) is 0. The van der Waals surface area contributed by atoms with Gasteiger partial charge in [-0.2, -0.15) is 0 Å². The van der Waals surface area contributed by atoms with Crippen molar-refractivity contribution < 1.29 is 4.74 Å². The number of fused-ring (bicyclic) bond motifs is 1. The molecule has 24 heavy (non-hydrogen) atoms. The van der Waals surface area contributed by atoms with Crippen molar-refractivity contribution in [3.63, 3.8) is 0 Å². The van der Waals surface area contributed by atoms with E-state index in [0.29, 0.717) is 12.5 Å². The third kappa shape index (κ3) is 3.30. The van der Waals surface area contributed by atoms with Gasteiger partial charge < -0.3 is 9.64 Å². The molecule has 0 N–H and O–H groups in total. The number of aromatic nitrogens is 3. The Morgan fingerprint density at radius 3 is 2.50 bits per heavy atom. The van der Waals surface area contributed by atoms with E-state index >= 15 is 0 Å². The molecule has 2 aromatic heterocycles. The van der Waals surface area contributed by atoms with Crippen molar-refractivity contribution in [1.82, 2.24) is 15.0 Å². The third-order valence-electron chi connectivity index (χ3n) is 3.97. The number of aryl methyl sites for hydroxylation is 3. The van der Waals surface area contributed by atoms with Crippen molar-refractivity contribution in [2.45, 2.75) is 27.3 Å². The summed E-state index contributed by atoms with van der Waals surface area (Å²) >= 11 is 0. The Balaban J connectivity index is 1.95. The summed E-state index contributed by atoms with van der Waals surface area (Å²) in [7, 11) is 3.65. The fraction of sp³-hybridized carbons (Fsp3) is 0.316. The van der Waals surface area contributed by atoms with Gasteiger partial charge in [-0.3, -0.25) is 4.98 Å². The molecule has 0 atom stereocenters. The summed E-state index contributed by atoms with van der Waals surface area (Å²) < 4.78 is 5.30. The molecule has 0 bridgehead atoms. The van der Waals surface area contributed by atoms with Crippen LogP contribution in [-0.2, 0) is 6.54 Å². The molecule has 124 valence electrons. The van der Waals surface area contributed by atoms with Crippen LogP contribution in [0.4, 0.5) is 5.95 Å². The van der Waals surface area contributed by atoms with Gasteiger partial charge in [0.15, 0.2) is 0 Å². The highest BCUT2D eigenvalue weighted by Gasteiger charge is 2.11. The average Bonchev–Trinajstić information content (AvgIpc) is 2.53. The van der Waals surface area contributed by atoms with Crippen LogP contribution >= 0.6 is 0 Å². The first-order chi connectivity index (χ1) is 11.5. The monoisotopic (exact) mass is 322 g/mol. The SMILES string of the molecule is COc1ccc2c(C)nc(N(C)Cc3cc(C)cc(C)n3)nc2c1. The predicted octanol–water partition coefficient (Wildman–Crippen LogP) is 3.60. The first-order valence-corrected chi connectivity index (χ1v) is 7.94. The number of hydrogen-bond acceptors (Lipinski definition) is 5. The molecule has 0 radical (unpaired) electrons. The van der Waals surface area contributed by atoms with E-state index in [9.17, 15) is 0 Å². The van der Waals surface area contributed by atoms with E-state index in [1.807, 2.05) is 44.0 Å². The van der Waals surface area contributed by atoms with E-state index in [0.717, 1.165) is 33.7 Å². The van der Waals surface area contributed by atoms with Crippen LogP contribution in [0.1, 0.15) is 22.6 Å². The van der Waals surface area contributed by atoms with Crippen LogP contribution < -0.4 is 9.64 Å². The van der Waals surface area contributed by atoms with E-state index in [-0.39, 0.29) is 0 Å². The van der Waals surface area contributed by atoms with Crippen molar-refractivity contribution in [3.05, 3.63) is 53.0 Å². The summed E-state index contributed by atoms with van der Waals surface area (Å²) in [5.41, 5.74) is 5.10. The normalized spacial score (nSPS) is 10.9. The topological polar surface area (TPSA) is 51.1 Å². The Morgan fingerprint density at radius 2 is 1.79 bits per heavy atom. The second-order valence-electron chi connectivity index (χ2n) is 6.13. The van der Waals surface area contributed by atoms with Crippen LogP contribution in [0.25, 0.3) is 10.9 Å². The van der Waals surface area contributed by atoms with Crippen LogP contribution in [-0.4, -0.2) is 29.1 Å². The van der Waals surface area contributed by atoms with Crippen molar-refractivity contribution in [3.8, 4) is 5.75 Å².